The lowest BCUT2D eigenvalue weighted by atomic mass is 10.1. The summed E-state index contributed by atoms with van der Waals surface area (Å²) in [7, 11) is -3.48. The fourth-order valence-electron chi connectivity index (χ4n) is 3.76. The van der Waals surface area contributed by atoms with Crippen LogP contribution in [0.1, 0.15) is 41.6 Å². The second-order valence-corrected chi connectivity index (χ2v) is 10.1. The van der Waals surface area contributed by atoms with Gasteiger partial charge in [-0.25, -0.2) is 8.42 Å². The summed E-state index contributed by atoms with van der Waals surface area (Å²) in [6.07, 6.45) is 3.55. The Balaban J connectivity index is 1.56. The molecular weight excluding hydrogens is 442 g/mol. The number of hydrogen-bond acceptors (Lipinski definition) is 5. The number of hydrogen-bond donors (Lipinski definition) is 2. The predicted molar refractivity (Wildman–Crippen MR) is 129 cm³/mol. The lowest BCUT2D eigenvalue weighted by Gasteiger charge is -2.22. The largest absolute Gasteiger partial charge is 0.376 e. The summed E-state index contributed by atoms with van der Waals surface area (Å²) in [5.41, 5.74) is 2.33. The van der Waals surface area contributed by atoms with Crippen LogP contribution in [0.3, 0.4) is 0 Å². The van der Waals surface area contributed by atoms with Gasteiger partial charge >= 0.3 is 0 Å². The summed E-state index contributed by atoms with van der Waals surface area (Å²) in [4.78, 5) is 25.2. The third-order valence-electron chi connectivity index (χ3n) is 5.42. The van der Waals surface area contributed by atoms with Gasteiger partial charge in [-0.15, -0.1) is 0 Å². The summed E-state index contributed by atoms with van der Waals surface area (Å²) < 4.78 is 31.4. The molecule has 1 unspecified atom stereocenters. The number of anilines is 2. The van der Waals surface area contributed by atoms with Crippen molar-refractivity contribution in [3.05, 3.63) is 59.7 Å². The van der Waals surface area contributed by atoms with E-state index in [4.69, 9.17) is 4.74 Å². The van der Waals surface area contributed by atoms with Crippen molar-refractivity contribution >= 4 is 33.2 Å². The van der Waals surface area contributed by atoms with Crippen molar-refractivity contribution in [2.45, 2.75) is 38.7 Å². The zero-order valence-corrected chi connectivity index (χ0v) is 19.9. The molecule has 1 aliphatic rings. The van der Waals surface area contributed by atoms with E-state index in [-0.39, 0.29) is 30.9 Å². The van der Waals surface area contributed by atoms with Gasteiger partial charge in [-0.3, -0.25) is 13.9 Å². The molecule has 0 bridgehead atoms. The van der Waals surface area contributed by atoms with Crippen LogP contribution in [0.5, 0.6) is 0 Å². The highest BCUT2D eigenvalue weighted by atomic mass is 32.2. The van der Waals surface area contributed by atoms with Gasteiger partial charge in [0.15, 0.2) is 0 Å². The molecule has 1 aliphatic heterocycles. The molecule has 2 aromatic rings. The molecule has 2 amide bonds. The van der Waals surface area contributed by atoms with Gasteiger partial charge < -0.3 is 15.4 Å². The minimum absolute atomic E-state index is 0.0295. The van der Waals surface area contributed by atoms with Gasteiger partial charge in [-0.2, -0.15) is 0 Å². The molecular formula is C24H31N3O5S. The van der Waals surface area contributed by atoms with Gasteiger partial charge in [0.2, 0.25) is 15.9 Å². The highest BCUT2D eigenvalue weighted by molar-refractivity contribution is 7.92. The first-order valence-electron chi connectivity index (χ1n) is 11.1. The standard InChI is InChI=1S/C24H31N3O5S/c1-18-8-5-9-19(16-18)27(33(2,30)31)14-6-13-23(28)26-22-12-4-3-11-21(22)24(29)25-17-20-10-7-15-32-20/h3-5,8-9,11-12,16,20H,6-7,10,13-15,17H2,1-2H3,(H,25,29)(H,26,28). The Hall–Kier alpha value is -2.91. The van der Waals surface area contributed by atoms with Gasteiger partial charge in [0.25, 0.3) is 5.91 Å². The van der Waals surface area contributed by atoms with Crippen molar-refractivity contribution in [3.8, 4) is 0 Å². The lowest BCUT2D eigenvalue weighted by molar-refractivity contribution is -0.116. The number of nitrogens with one attached hydrogen (secondary N) is 2. The van der Waals surface area contributed by atoms with E-state index in [2.05, 4.69) is 10.6 Å². The van der Waals surface area contributed by atoms with E-state index in [0.717, 1.165) is 24.7 Å². The quantitative estimate of drug-likeness (QED) is 0.552. The van der Waals surface area contributed by atoms with Crippen LogP contribution in [0.25, 0.3) is 0 Å². The highest BCUT2D eigenvalue weighted by Crippen LogP contribution is 2.20. The summed E-state index contributed by atoms with van der Waals surface area (Å²) >= 11 is 0. The van der Waals surface area contributed by atoms with Crippen molar-refractivity contribution in [2.75, 3.05) is 35.6 Å². The Morgan fingerprint density at radius 3 is 2.64 bits per heavy atom. The second-order valence-electron chi connectivity index (χ2n) is 8.22. The Kier molecular flexibility index (Phi) is 8.46. The number of carbonyl (C=O) groups excluding carboxylic acids is 2. The molecule has 1 heterocycles. The summed E-state index contributed by atoms with van der Waals surface area (Å²) in [5, 5.41) is 5.65. The first-order chi connectivity index (χ1) is 15.7. The van der Waals surface area contributed by atoms with E-state index in [0.29, 0.717) is 36.5 Å². The number of ether oxygens (including phenoxy) is 1. The molecule has 0 aromatic heterocycles. The first kappa shape index (κ1) is 24.7. The minimum Gasteiger partial charge on any atom is -0.376 e. The van der Waals surface area contributed by atoms with Crippen molar-refractivity contribution in [1.82, 2.24) is 5.32 Å². The molecule has 1 atom stereocenters. The third-order valence-corrected chi connectivity index (χ3v) is 6.61. The maximum atomic E-state index is 12.6. The van der Waals surface area contributed by atoms with Crippen LogP contribution < -0.4 is 14.9 Å². The van der Waals surface area contributed by atoms with Gasteiger partial charge in [0, 0.05) is 26.1 Å². The second kappa shape index (κ2) is 11.3. The van der Waals surface area contributed by atoms with Gasteiger partial charge in [0.1, 0.15) is 0 Å². The number of para-hydroxylation sites is 1. The third kappa shape index (κ3) is 7.30. The molecule has 2 N–H and O–H groups in total. The molecule has 0 saturated carbocycles. The van der Waals surface area contributed by atoms with E-state index in [1.54, 1.807) is 42.5 Å². The van der Waals surface area contributed by atoms with E-state index in [1.807, 2.05) is 13.0 Å². The normalized spacial score (nSPS) is 15.8. The highest BCUT2D eigenvalue weighted by Gasteiger charge is 2.20. The zero-order chi connectivity index (χ0) is 23.8. The Morgan fingerprint density at radius 1 is 1.15 bits per heavy atom. The van der Waals surface area contributed by atoms with Crippen LogP contribution >= 0.6 is 0 Å². The summed E-state index contributed by atoms with van der Waals surface area (Å²) in [6, 6.07) is 14.0. The van der Waals surface area contributed by atoms with Crippen molar-refractivity contribution in [2.24, 2.45) is 0 Å². The number of amides is 2. The summed E-state index contributed by atoms with van der Waals surface area (Å²) in [5.74, 6) is -0.559. The Morgan fingerprint density at radius 2 is 1.94 bits per heavy atom. The average molecular weight is 474 g/mol. The average Bonchev–Trinajstić information content (AvgIpc) is 3.28. The monoisotopic (exact) mass is 473 g/mol. The molecule has 8 nitrogen and oxygen atoms in total. The minimum atomic E-state index is -3.48. The van der Waals surface area contributed by atoms with Gasteiger partial charge in [-0.1, -0.05) is 24.3 Å². The van der Waals surface area contributed by atoms with Crippen LogP contribution in [0, 0.1) is 6.92 Å². The molecule has 178 valence electrons. The molecule has 1 saturated heterocycles. The number of benzene rings is 2. The molecule has 0 radical (unpaired) electrons. The lowest BCUT2D eigenvalue weighted by Crippen LogP contribution is -2.32. The predicted octanol–water partition coefficient (Wildman–Crippen LogP) is 3.09. The Bertz CT molecular complexity index is 1080. The molecule has 9 heteroatoms. The zero-order valence-electron chi connectivity index (χ0n) is 19.0. The number of carbonyl (C=O) groups is 2. The van der Waals surface area contributed by atoms with Gasteiger partial charge in [0.05, 0.1) is 29.3 Å². The van der Waals surface area contributed by atoms with Crippen LogP contribution in [0.15, 0.2) is 48.5 Å². The molecule has 33 heavy (non-hydrogen) atoms. The molecule has 0 aliphatic carbocycles. The molecule has 0 spiro atoms. The maximum absolute atomic E-state index is 12.6. The fraction of sp³-hybridized carbons (Fsp3) is 0.417. The van der Waals surface area contributed by atoms with E-state index >= 15 is 0 Å². The number of aryl methyl sites for hydroxylation is 1. The van der Waals surface area contributed by atoms with Crippen LogP contribution in [0.2, 0.25) is 0 Å². The van der Waals surface area contributed by atoms with E-state index < -0.39 is 10.0 Å². The van der Waals surface area contributed by atoms with Crippen molar-refractivity contribution in [3.63, 3.8) is 0 Å². The van der Waals surface area contributed by atoms with E-state index in [9.17, 15) is 18.0 Å². The maximum Gasteiger partial charge on any atom is 0.253 e. The van der Waals surface area contributed by atoms with Crippen molar-refractivity contribution < 1.29 is 22.7 Å². The number of sulfonamides is 1. The first-order valence-corrected chi connectivity index (χ1v) is 12.9. The fourth-order valence-corrected chi connectivity index (χ4v) is 4.72. The van der Waals surface area contributed by atoms with Crippen LogP contribution in [-0.2, 0) is 19.6 Å². The smallest absolute Gasteiger partial charge is 0.253 e. The van der Waals surface area contributed by atoms with Crippen LogP contribution in [-0.4, -0.2) is 52.3 Å². The SMILES string of the molecule is Cc1cccc(N(CCCC(=O)Nc2ccccc2C(=O)NCC2CCCO2)S(C)(=O)=O)c1. The number of rotatable bonds is 10. The van der Waals surface area contributed by atoms with Crippen molar-refractivity contribution in [1.29, 1.82) is 0 Å². The van der Waals surface area contributed by atoms with Gasteiger partial charge in [-0.05, 0) is 56.0 Å². The summed E-state index contributed by atoms with van der Waals surface area (Å²) in [6.45, 7) is 3.22. The molecule has 2 aromatic carbocycles. The molecule has 3 rings (SSSR count). The van der Waals surface area contributed by atoms with E-state index in [1.165, 1.54) is 4.31 Å². The topological polar surface area (TPSA) is 105 Å². The van der Waals surface area contributed by atoms with Crippen LogP contribution in [0.4, 0.5) is 11.4 Å². The Labute approximate surface area is 195 Å². The molecule has 1 fully saturated rings. The number of nitrogens with zero attached hydrogens (tertiary/aromatic N) is 1.